The van der Waals surface area contributed by atoms with Crippen molar-refractivity contribution in [1.29, 1.82) is 0 Å². The molecular formula is C27H34N4O4. The van der Waals surface area contributed by atoms with Crippen LogP contribution in [-0.2, 0) is 22.4 Å². The highest BCUT2D eigenvalue weighted by molar-refractivity contribution is 5.69. The van der Waals surface area contributed by atoms with Crippen molar-refractivity contribution in [1.82, 2.24) is 15.0 Å². The zero-order valence-electron chi connectivity index (χ0n) is 20.8. The van der Waals surface area contributed by atoms with Crippen molar-refractivity contribution in [3.8, 4) is 28.6 Å². The standard InChI is InChI=1S/C27H34N4O4/c1-4-33-25(32)6-5-13-31-14-11-19-7-8-21(16-20(19)12-15-31)26-29-27(35-30-26)22-9-10-24(23(28)17-22)34-18(2)3/h7-10,16-18H,4-6,11-15,28H2,1-3H3. The number of benzene rings is 2. The fraction of sp³-hybridized carbons (Fsp3) is 0.444. The monoisotopic (exact) mass is 478 g/mol. The van der Waals surface area contributed by atoms with Crippen molar-refractivity contribution >= 4 is 11.7 Å². The predicted molar refractivity (Wildman–Crippen MR) is 135 cm³/mol. The molecule has 0 amide bonds. The maximum atomic E-state index is 11.6. The van der Waals surface area contributed by atoms with Crippen LogP contribution in [-0.4, -0.2) is 53.4 Å². The number of nitrogens with two attached hydrogens (primary N) is 1. The van der Waals surface area contributed by atoms with Crippen LogP contribution in [0.5, 0.6) is 5.75 Å². The minimum absolute atomic E-state index is 0.0445. The van der Waals surface area contributed by atoms with Gasteiger partial charge in [0.1, 0.15) is 5.75 Å². The first kappa shape index (κ1) is 24.7. The minimum atomic E-state index is -0.114. The first-order valence-corrected chi connectivity index (χ1v) is 12.3. The number of nitrogen functional groups attached to an aromatic ring is 1. The zero-order chi connectivity index (χ0) is 24.8. The van der Waals surface area contributed by atoms with Gasteiger partial charge in [-0.3, -0.25) is 4.79 Å². The van der Waals surface area contributed by atoms with Gasteiger partial charge >= 0.3 is 5.97 Å². The van der Waals surface area contributed by atoms with E-state index < -0.39 is 0 Å². The third-order valence-electron chi connectivity index (χ3n) is 6.07. The Labute approximate surface area is 206 Å². The Balaban J connectivity index is 1.41. The predicted octanol–water partition coefficient (Wildman–Crippen LogP) is 4.52. The van der Waals surface area contributed by atoms with Gasteiger partial charge in [0, 0.05) is 30.6 Å². The minimum Gasteiger partial charge on any atom is -0.489 e. The highest BCUT2D eigenvalue weighted by Crippen LogP contribution is 2.30. The molecule has 3 aromatic rings. The number of carbonyl (C=O) groups excluding carboxylic acids is 1. The Kier molecular flexibility index (Phi) is 8.02. The molecule has 35 heavy (non-hydrogen) atoms. The third-order valence-corrected chi connectivity index (χ3v) is 6.07. The number of rotatable bonds is 9. The first-order chi connectivity index (χ1) is 16.9. The van der Waals surface area contributed by atoms with Crippen LogP contribution in [0.3, 0.4) is 0 Å². The van der Waals surface area contributed by atoms with Crippen molar-refractivity contribution in [3.05, 3.63) is 47.5 Å². The second kappa shape index (κ2) is 11.4. The molecule has 4 rings (SSSR count). The quantitative estimate of drug-likeness (QED) is 0.354. The number of esters is 1. The van der Waals surface area contributed by atoms with Gasteiger partial charge in [-0.2, -0.15) is 4.98 Å². The van der Waals surface area contributed by atoms with Gasteiger partial charge in [-0.05, 0) is 82.0 Å². The molecule has 0 atom stereocenters. The van der Waals surface area contributed by atoms with Gasteiger partial charge in [0.2, 0.25) is 5.82 Å². The largest absolute Gasteiger partial charge is 0.489 e. The molecule has 0 saturated heterocycles. The number of anilines is 1. The van der Waals surface area contributed by atoms with Crippen LogP contribution in [0.2, 0.25) is 0 Å². The van der Waals surface area contributed by atoms with Crippen LogP contribution < -0.4 is 10.5 Å². The lowest BCUT2D eigenvalue weighted by Crippen LogP contribution is -2.28. The molecule has 0 unspecified atom stereocenters. The number of aromatic nitrogens is 2. The van der Waals surface area contributed by atoms with E-state index in [1.54, 1.807) is 6.07 Å². The van der Waals surface area contributed by atoms with Gasteiger partial charge < -0.3 is 24.6 Å². The summed E-state index contributed by atoms with van der Waals surface area (Å²) < 4.78 is 16.3. The van der Waals surface area contributed by atoms with E-state index >= 15 is 0 Å². The van der Waals surface area contributed by atoms with Gasteiger partial charge in [0.15, 0.2) is 0 Å². The average Bonchev–Trinajstić information content (AvgIpc) is 3.23. The van der Waals surface area contributed by atoms with Crippen LogP contribution in [0.1, 0.15) is 44.7 Å². The van der Waals surface area contributed by atoms with Crippen LogP contribution in [0.25, 0.3) is 22.8 Å². The fourth-order valence-corrected chi connectivity index (χ4v) is 4.32. The highest BCUT2D eigenvalue weighted by Gasteiger charge is 2.18. The van der Waals surface area contributed by atoms with Gasteiger partial charge in [-0.1, -0.05) is 17.3 Å². The molecule has 1 aromatic heterocycles. The van der Waals surface area contributed by atoms with Gasteiger partial charge in [-0.15, -0.1) is 0 Å². The Hall–Kier alpha value is -3.39. The van der Waals surface area contributed by atoms with Crippen molar-refractivity contribution in [3.63, 3.8) is 0 Å². The van der Waals surface area contributed by atoms with Crippen molar-refractivity contribution < 1.29 is 18.8 Å². The second-order valence-corrected chi connectivity index (χ2v) is 9.08. The zero-order valence-corrected chi connectivity index (χ0v) is 20.8. The molecule has 0 bridgehead atoms. The molecule has 2 heterocycles. The second-order valence-electron chi connectivity index (χ2n) is 9.08. The molecule has 0 radical (unpaired) electrons. The summed E-state index contributed by atoms with van der Waals surface area (Å²) >= 11 is 0. The van der Waals surface area contributed by atoms with E-state index in [9.17, 15) is 4.79 Å². The first-order valence-electron chi connectivity index (χ1n) is 12.3. The molecule has 186 valence electrons. The Morgan fingerprint density at radius 3 is 2.63 bits per heavy atom. The number of hydrogen-bond acceptors (Lipinski definition) is 8. The summed E-state index contributed by atoms with van der Waals surface area (Å²) in [5, 5.41) is 4.21. The van der Waals surface area contributed by atoms with Crippen molar-refractivity contribution in [2.75, 3.05) is 32.0 Å². The molecule has 2 aromatic carbocycles. The maximum Gasteiger partial charge on any atom is 0.305 e. The maximum absolute atomic E-state index is 11.6. The number of hydrogen-bond donors (Lipinski definition) is 1. The van der Waals surface area contributed by atoms with E-state index in [4.69, 9.17) is 19.7 Å². The summed E-state index contributed by atoms with van der Waals surface area (Å²) in [4.78, 5) is 18.6. The van der Waals surface area contributed by atoms with Gasteiger partial charge in [-0.25, -0.2) is 0 Å². The van der Waals surface area contributed by atoms with E-state index in [1.165, 1.54) is 11.1 Å². The van der Waals surface area contributed by atoms with Gasteiger partial charge in [0.05, 0.1) is 18.4 Å². The molecular weight excluding hydrogens is 444 g/mol. The summed E-state index contributed by atoms with van der Waals surface area (Å²) in [6.45, 7) is 9.04. The Morgan fingerprint density at radius 1 is 1.11 bits per heavy atom. The van der Waals surface area contributed by atoms with Crippen LogP contribution in [0.15, 0.2) is 40.9 Å². The summed E-state index contributed by atoms with van der Waals surface area (Å²) in [6, 6.07) is 11.9. The van der Waals surface area contributed by atoms with Crippen LogP contribution >= 0.6 is 0 Å². The van der Waals surface area contributed by atoms with E-state index in [0.717, 1.165) is 50.0 Å². The fourth-order valence-electron chi connectivity index (χ4n) is 4.32. The van der Waals surface area contributed by atoms with Gasteiger partial charge in [0.25, 0.3) is 5.89 Å². The molecule has 0 spiro atoms. The summed E-state index contributed by atoms with van der Waals surface area (Å²) in [6.07, 6.45) is 3.27. The molecule has 1 aliphatic rings. The van der Waals surface area contributed by atoms with E-state index in [-0.39, 0.29) is 12.1 Å². The summed E-state index contributed by atoms with van der Waals surface area (Å²) in [7, 11) is 0. The number of ether oxygens (including phenoxy) is 2. The number of carbonyl (C=O) groups is 1. The van der Waals surface area contributed by atoms with Crippen molar-refractivity contribution in [2.24, 2.45) is 0 Å². The highest BCUT2D eigenvalue weighted by atomic mass is 16.5. The lowest BCUT2D eigenvalue weighted by atomic mass is 10.00. The van der Waals surface area contributed by atoms with Crippen LogP contribution in [0.4, 0.5) is 5.69 Å². The normalized spacial score (nSPS) is 13.9. The lowest BCUT2D eigenvalue weighted by molar-refractivity contribution is -0.143. The van der Waals surface area contributed by atoms with E-state index in [1.807, 2.05) is 32.9 Å². The molecule has 0 saturated carbocycles. The van der Waals surface area contributed by atoms with E-state index in [2.05, 4.69) is 33.2 Å². The van der Waals surface area contributed by atoms with E-state index in [0.29, 0.717) is 36.2 Å². The third kappa shape index (κ3) is 6.39. The molecule has 8 nitrogen and oxygen atoms in total. The Morgan fingerprint density at radius 2 is 1.89 bits per heavy atom. The lowest BCUT2D eigenvalue weighted by Gasteiger charge is -2.19. The van der Waals surface area contributed by atoms with Crippen LogP contribution in [0, 0.1) is 0 Å². The smallest absolute Gasteiger partial charge is 0.305 e. The topological polar surface area (TPSA) is 104 Å². The molecule has 2 N–H and O–H groups in total. The summed E-state index contributed by atoms with van der Waals surface area (Å²) in [5.41, 5.74) is 11.0. The molecule has 8 heteroatoms. The number of fused-ring (bicyclic) bond motifs is 1. The molecule has 0 aliphatic carbocycles. The number of nitrogens with zero attached hydrogens (tertiary/aromatic N) is 3. The molecule has 1 aliphatic heterocycles. The average molecular weight is 479 g/mol. The molecule has 0 fully saturated rings. The SMILES string of the molecule is CCOC(=O)CCCN1CCc2ccc(-c3noc(-c4ccc(OC(C)C)c(N)c4)n3)cc2CC1. The van der Waals surface area contributed by atoms with Crippen molar-refractivity contribution in [2.45, 2.75) is 52.6 Å². The summed E-state index contributed by atoms with van der Waals surface area (Å²) in [5.74, 6) is 1.51. The Bertz CT molecular complexity index is 1160.